The maximum atomic E-state index is 12.3. The van der Waals surface area contributed by atoms with E-state index >= 15 is 0 Å². The molecule has 3 N–H and O–H groups in total. The van der Waals surface area contributed by atoms with Crippen molar-refractivity contribution in [1.82, 2.24) is 4.98 Å². The first-order chi connectivity index (χ1) is 10.4. The van der Waals surface area contributed by atoms with E-state index in [9.17, 15) is 4.79 Å². The van der Waals surface area contributed by atoms with Crippen LogP contribution in [0.3, 0.4) is 0 Å². The van der Waals surface area contributed by atoms with Gasteiger partial charge in [-0.2, -0.15) is 0 Å². The Morgan fingerprint density at radius 1 is 1.05 bits per heavy atom. The van der Waals surface area contributed by atoms with Gasteiger partial charge in [0.05, 0.1) is 5.56 Å². The van der Waals surface area contributed by atoms with Gasteiger partial charge in [0.15, 0.2) is 0 Å². The highest BCUT2D eigenvalue weighted by molar-refractivity contribution is 6.03. The predicted molar refractivity (Wildman–Crippen MR) is 87.9 cm³/mol. The molecule has 3 aromatic rings. The molecule has 0 aliphatic carbocycles. The number of imidazole rings is 1. The second kappa shape index (κ2) is 5.30. The number of amides is 1. The lowest BCUT2D eigenvalue weighted by Crippen LogP contribution is -2.18. The molecular formula is C18H20N3O+. The minimum Gasteiger partial charge on any atom is -0.250 e. The Kier molecular flexibility index (Phi) is 3.45. The highest BCUT2D eigenvalue weighted by atomic mass is 16.1. The third-order valence-corrected chi connectivity index (χ3v) is 3.70. The van der Waals surface area contributed by atoms with Gasteiger partial charge in [-0.25, -0.2) is 15.3 Å². The molecule has 0 unspecified atom stereocenters. The van der Waals surface area contributed by atoms with Crippen LogP contribution in [-0.4, -0.2) is 10.9 Å². The smallest absolute Gasteiger partial charge is 0.250 e. The third-order valence-electron chi connectivity index (χ3n) is 3.70. The van der Waals surface area contributed by atoms with E-state index in [4.69, 9.17) is 0 Å². The van der Waals surface area contributed by atoms with Crippen molar-refractivity contribution in [1.29, 1.82) is 0 Å². The van der Waals surface area contributed by atoms with Crippen molar-refractivity contribution in [2.45, 2.75) is 26.2 Å². The number of rotatable bonds is 2. The summed E-state index contributed by atoms with van der Waals surface area (Å²) >= 11 is 0. The number of carbonyl (C=O) groups excluding carboxylic acids is 1. The molecular weight excluding hydrogens is 274 g/mol. The molecule has 0 aliphatic rings. The number of aromatic nitrogens is 2. The number of hydrogen-bond acceptors (Lipinski definition) is 1. The van der Waals surface area contributed by atoms with Gasteiger partial charge >= 0.3 is 11.9 Å². The van der Waals surface area contributed by atoms with E-state index in [1.807, 2.05) is 48.5 Å². The number of hydrogen-bond donors (Lipinski definition) is 2. The Hall–Kier alpha value is -2.62. The zero-order chi connectivity index (χ0) is 15.7. The van der Waals surface area contributed by atoms with Gasteiger partial charge in [0.1, 0.15) is 11.0 Å². The summed E-state index contributed by atoms with van der Waals surface area (Å²) in [5, 5.41) is 2.86. The average molecular weight is 294 g/mol. The van der Waals surface area contributed by atoms with Gasteiger partial charge in [-0.1, -0.05) is 45.0 Å². The van der Waals surface area contributed by atoms with E-state index in [0.717, 1.165) is 11.0 Å². The minimum absolute atomic E-state index is 0.0833. The fourth-order valence-corrected chi connectivity index (χ4v) is 2.37. The number of para-hydroxylation sites is 2. The Labute approximate surface area is 129 Å². The molecule has 0 aliphatic heterocycles. The van der Waals surface area contributed by atoms with Crippen LogP contribution in [0.5, 0.6) is 0 Å². The average Bonchev–Trinajstić information content (AvgIpc) is 2.88. The molecule has 22 heavy (non-hydrogen) atoms. The second-order valence-corrected chi connectivity index (χ2v) is 6.45. The SMILES string of the molecule is CC(C)(C)c1ccc(C(=O)Nc2[nH]c3ccccc3[nH+]2)cc1. The zero-order valence-electron chi connectivity index (χ0n) is 13.0. The van der Waals surface area contributed by atoms with Crippen LogP contribution in [0.15, 0.2) is 48.5 Å². The molecule has 3 rings (SSSR count). The molecule has 0 atom stereocenters. The minimum atomic E-state index is -0.136. The summed E-state index contributed by atoms with van der Waals surface area (Å²) in [6, 6.07) is 15.5. The molecule has 0 saturated carbocycles. The van der Waals surface area contributed by atoms with Gasteiger partial charge in [-0.05, 0) is 35.2 Å². The van der Waals surface area contributed by atoms with E-state index in [1.165, 1.54) is 5.56 Å². The van der Waals surface area contributed by atoms with Crippen LogP contribution in [0.2, 0.25) is 0 Å². The quantitative estimate of drug-likeness (QED) is 0.746. The fourth-order valence-electron chi connectivity index (χ4n) is 2.37. The normalized spacial score (nSPS) is 11.6. The van der Waals surface area contributed by atoms with Gasteiger partial charge in [-0.15, -0.1) is 0 Å². The van der Waals surface area contributed by atoms with Crippen LogP contribution < -0.4 is 10.3 Å². The number of anilines is 1. The molecule has 0 spiro atoms. The number of nitrogens with one attached hydrogen (secondary N) is 3. The molecule has 2 aromatic carbocycles. The first kappa shape index (κ1) is 14.3. The summed E-state index contributed by atoms with van der Waals surface area (Å²) in [5.74, 6) is 0.453. The summed E-state index contributed by atoms with van der Waals surface area (Å²) in [6.07, 6.45) is 0. The van der Waals surface area contributed by atoms with E-state index in [-0.39, 0.29) is 11.3 Å². The highest BCUT2D eigenvalue weighted by Gasteiger charge is 2.17. The lowest BCUT2D eigenvalue weighted by molar-refractivity contribution is -0.326. The van der Waals surface area contributed by atoms with Crippen molar-refractivity contribution in [3.63, 3.8) is 0 Å². The Morgan fingerprint density at radius 2 is 1.73 bits per heavy atom. The van der Waals surface area contributed by atoms with Crippen molar-refractivity contribution in [2.24, 2.45) is 0 Å². The molecule has 0 radical (unpaired) electrons. The largest absolute Gasteiger partial charge is 0.361 e. The standard InChI is InChI=1S/C18H19N3O/c1-18(2,3)13-10-8-12(9-11-13)16(22)21-17-19-14-6-4-5-7-15(14)20-17/h4-11H,1-3H3,(H2,19,20,21,22)/p+1. The van der Waals surface area contributed by atoms with Crippen LogP contribution >= 0.6 is 0 Å². The highest BCUT2D eigenvalue weighted by Crippen LogP contribution is 2.22. The monoisotopic (exact) mass is 294 g/mol. The van der Waals surface area contributed by atoms with Crippen LogP contribution in [0.1, 0.15) is 36.7 Å². The first-order valence-corrected chi connectivity index (χ1v) is 7.35. The summed E-state index contributed by atoms with van der Waals surface area (Å²) < 4.78 is 0. The number of aromatic amines is 2. The summed E-state index contributed by atoms with van der Waals surface area (Å²) in [4.78, 5) is 18.6. The molecule has 0 fully saturated rings. The maximum Gasteiger partial charge on any atom is 0.361 e. The Morgan fingerprint density at radius 3 is 2.36 bits per heavy atom. The van der Waals surface area contributed by atoms with Gasteiger partial charge in [0.2, 0.25) is 0 Å². The lowest BCUT2D eigenvalue weighted by Gasteiger charge is -2.18. The van der Waals surface area contributed by atoms with E-state index in [2.05, 4.69) is 36.1 Å². The molecule has 4 heteroatoms. The lowest BCUT2D eigenvalue weighted by atomic mass is 9.87. The van der Waals surface area contributed by atoms with Gasteiger partial charge < -0.3 is 0 Å². The van der Waals surface area contributed by atoms with Crippen molar-refractivity contribution in [3.05, 3.63) is 59.7 Å². The van der Waals surface area contributed by atoms with E-state index in [1.54, 1.807) is 0 Å². The zero-order valence-corrected chi connectivity index (χ0v) is 13.0. The van der Waals surface area contributed by atoms with E-state index in [0.29, 0.717) is 11.5 Å². The van der Waals surface area contributed by atoms with Crippen LogP contribution in [0, 0.1) is 0 Å². The van der Waals surface area contributed by atoms with Crippen molar-refractivity contribution in [3.8, 4) is 0 Å². The number of benzene rings is 2. The molecule has 4 nitrogen and oxygen atoms in total. The van der Waals surface area contributed by atoms with Gasteiger partial charge in [0.25, 0.3) is 0 Å². The molecule has 1 heterocycles. The van der Waals surface area contributed by atoms with Crippen LogP contribution in [-0.2, 0) is 5.41 Å². The number of carbonyl (C=O) groups is 1. The van der Waals surface area contributed by atoms with Gasteiger partial charge in [0, 0.05) is 0 Å². The van der Waals surface area contributed by atoms with Gasteiger partial charge in [-0.3, -0.25) is 4.79 Å². The third kappa shape index (κ3) is 2.86. The summed E-state index contributed by atoms with van der Waals surface area (Å²) in [7, 11) is 0. The second-order valence-electron chi connectivity index (χ2n) is 6.45. The molecule has 0 saturated heterocycles. The maximum absolute atomic E-state index is 12.3. The summed E-state index contributed by atoms with van der Waals surface area (Å²) in [6.45, 7) is 6.46. The number of fused-ring (bicyclic) bond motifs is 1. The molecule has 0 bridgehead atoms. The van der Waals surface area contributed by atoms with Crippen molar-refractivity contribution >= 4 is 22.9 Å². The summed E-state index contributed by atoms with van der Waals surface area (Å²) in [5.41, 5.74) is 3.85. The Bertz CT molecular complexity index is 777. The van der Waals surface area contributed by atoms with Crippen molar-refractivity contribution in [2.75, 3.05) is 5.32 Å². The predicted octanol–water partition coefficient (Wildman–Crippen LogP) is 3.53. The fraction of sp³-hybridized carbons (Fsp3) is 0.222. The molecule has 112 valence electrons. The van der Waals surface area contributed by atoms with Crippen LogP contribution in [0.25, 0.3) is 11.0 Å². The van der Waals surface area contributed by atoms with Crippen molar-refractivity contribution < 1.29 is 9.78 Å². The number of H-pyrrole nitrogens is 2. The first-order valence-electron chi connectivity index (χ1n) is 7.35. The van der Waals surface area contributed by atoms with Crippen LogP contribution in [0.4, 0.5) is 5.95 Å². The van der Waals surface area contributed by atoms with E-state index < -0.39 is 0 Å². The molecule has 1 amide bonds. The Balaban J connectivity index is 1.79. The molecule has 1 aromatic heterocycles. The topological polar surface area (TPSA) is 59.0 Å².